The van der Waals surface area contributed by atoms with Gasteiger partial charge < -0.3 is 19.9 Å². The number of rotatable bonds is 6. The molecule has 32 heavy (non-hydrogen) atoms. The van der Waals surface area contributed by atoms with Crippen molar-refractivity contribution in [2.75, 3.05) is 7.11 Å². The van der Waals surface area contributed by atoms with Crippen LogP contribution in [0.5, 0.6) is 17.4 Å². The standard InChI is InChI=1S/C24H22N4O4/c1-3-7-17-21-20(16(13-25)22(26)32-23(21)28-27-17)15-10-11-18(19(12-15)30-2)31-24(29)14-8-5-4-6-9-14/h4-6,8-12,20H,3,7,26H2,1-2H3,(H,27,28)/t20-/m0/s1. The Morgan fingerprint density at radius 1 is 1.25 bits per heavy atom. The van der Waals surface area contributed by atoms with Crippen LogP contribution in [-0.4, -0.2) is 23.3 Å². The van der Waals surface area contributed by atoms with Gasteiger partial charge >= 0.3 is 5.97 Å². The highest BCUT2D eigenvalue weighted by Crippen LogP contribution is 2.44. The number of H-pyrrole nitrogens is 1. The number of nitrogens with two attached hydrogens (primary N) is 1. The molecule has 2 heterocycles. The van der Waals surface area contributed by atoms with Crippen molar-refractivity contribution in [3.63, 3.8) is 0 Å². The zero-order valence-electron chi connectivity index (χ0n) is 17.7. The van der Waals surface area contributed by atoms with Gasteiger partial charge in [-0.05, 0) is 36.2 Å². The van der Waals surface area contributed by atoms with E-state index in [-0.39, 0.29) is 17.2 Å². The maximum atomic E-state index is 12.5. The second-order valence-corrected chi connectivity index (χ2v) is 7.26. The van der Waals surface area contributed by atoms with Crippen LogP contribution in [0.4, 0.5) is 0 Å². The SMILES string of the molecule is CCCc1[nH]nc2c1[C@@H](c1ccc(OC(=O)c3ccccc3)c(OC)c1)C(C#N)=C(N)O2. The third-order valence-electron chi connectivity index (χ3n) is 5.25. The summed E-state index contributed by atoms with van der Waals surface area (Å²) in [6.45, 7) is 2.06. The van der Waals surface area contributed by atoms with Crippen molar-refractivity contribution in [1.29, 1.82) is 5.26 Å². The monoisotopic (exact) mass is 430 g/mol. The number of fused-ring (bicyclic) bond motifs is 1. The van der Waals surface area contributed by atoms with E-state index in [9.17, 15) is 10.1 Å². The Morgan fingerprint density at radius 2 is 2.03 bits per heavy atom. The van der Waals surface area contributed by atoms with Gasteiger partial charge in [0, 0.05) is 11.3 Å². The molecule has 3 aromatic rings. The summed E-state index contributed by atoms with van der Waals surface area (Å²) in [5.74, 6) is 0.0142. The first kappa shape index (κ1) is 21.0. The molecule has 8 nitrogen and oxygen atoms in total. The van der Waals surface area contributed by atoms with E-state index < -0.39 is 11.9 Å². The van der Waals surface area contributed by atoms with Crippen molar-refractivity contribution >= 4 is 5.97 Å². The van der Waals surface area contributed by atoms with Crippen molar-refractivity contribution in [1.82, 2.24) is 10.2 Å². The number of nitrogens with one attached hydrogen (secondary N) is 1. The first-order valence-corrected chi connectivity index (χ1v) is 10.2. The molecule has 1 aromatic heterocycles. The Labute approximate surface area is 185 Å². The maximum Gasteiger partial charge on any atom is 0.343 e. The largest absolute Gasteiger partial charge is 0.493 e. The Bertz CT molecular complexity index is 1220. The van der Waals surface area contributed by atoms with E-state index in [1.54, 1.807) is 42.5 Å². The summed E-state index contributed by atoms with van der Waals surface area (Å²) in [6, 6.07) is 16.0. The number of carbonyl (C=O) groups is 1. The smallest absolute Gasteiger partial charge is 0.343 e. The minimum Gasteiger partial charge on any atom is -0.493 e. The molecule has 0 saturated carbocycles. The number of nitriles is 1. The number of aromatic amines is 1. The number of nitrogens with zero attached hydrogens (tertiary/aromatic N) is 2. The zero-order valence-corrected chi connectivity index (χ0v) is 17.7. The van der Waals surface area contributed by atoms with E-state index in [0.29, 0.717) is 17.2 Å². The van der Waals surface area contributed by atoms with Crippen LogP contribution in [0.2, 0.25) is 0 Å². The third-order valence-corrected chi connectivity index (χ3v) is 5.25. The molecule has 8 heteroatoms. The number of aryl methyl sites for hydroxylation is 1. The molecule has 1 aliphatic rings. The number of ether oxygens (including phenoxy) is 3. The number of hydrogen-bond acceptors (Lipinski definition) is 7. The Kier molecular flexibility index (Phi) is 5.81. The fourth-order valence-corrected chi connectivity index (χ4v) is 3.76. The van der Waals surface area contributed by atoms with Crippen LogP contribution < -0.4 is 19.9 Å². The normalized spacial score (nSPS) is 14.8. The summed E-state index contributed by atoms with van der Waals surface area (Å²) in [6.07, 6.45) is 1.63. The van der Waals surface area contributed by atoms with Crippen LogP contribution >= 0.6 is 0 Å². The van der Waals surface area contributed by atoms with Gasteiger partial charge in [-0.1, -0.05) is 37.6 Å². The summed E-state index contributed by atoms with van der Waals surface area (Å²) in [5, 5.41) is 17.0. The van der Waals surface area contributed by atoms with Gasteiger partial charge in [-0.2, -0.15) is 5.26 Å². The maximum absolute atomic E-state index is 12.5. The van der Waals surface area contributed by atoms with Crippen molar-refractivity contribution in [2.45, 2.75) is 25.7 Å². The summed E-state index contributed by atoms with van der Waals surface area (Å²) >= 11 is 0. The van der Waals surface area contributed by atoms with E-state index in [1.165, 1.54) is 7.11 Å². The van der Waals surface area contributed by atoms with Crippen molar-refractivity contribution in [3.05, 3.63) is 82.4 Å². The van der Waals surface area contributed by atoms with E-state index in [4.69, 9.17) is 19.9 Å². The molecule has 1 atom stereocenters. The van der Waals surface area contributed by atoms with Crippen LogP contribution in [0, 0.1) is 11.3 Å². The van der Waals surface area contributed by atoms with E-state index >= 15 is 0 Å². The van der Waals surface area contributed by atoms with Gasteiger partial charge in [0.1, 0.15) is 11.6 Å². The zero-order chi connectivity index (χ0) is 22.7. The predicted octanol–water partition coefficient (Wildman–Crippen LogP) is 3.81. The minimum atomic E-state index is -0.494. The van der Waals surface area contributed by atoms with Gasteiger partial charge in [0.25, 0.3) is 0 Å². The highest BCUT2D eigenvalue weighted by atomic mass is 16.6. The molecule has 0 saturated heterocycles. The van der Waals surface area contributed by atoms with Gasteiger partial charge in [0.05, 0.1) is 18.6 Å². The number of esters is 1. The summed E-state index contributed by atoms with van der Waals surface area (Å²) in [4.78, 5) is 12.5. The average molecular weight is 430 g/mol. The van der Waals surface area contributed by atoms with Gasteiger partial charge in [-0.15, -0.1) is 5.10 Å². The molecule has 0 fully saturated rings. The lowest BCUT2D eigenvalue weighted by atomic mass is 9.83. The van der Waals surface area contributed by atoms with Crippen LogP contribution in [0.3, 0.4) is 0 Å². The van der Waals surface area contributed by atoms with Gasteiger partial charge in [-0.3, -0.25) is 5.10 Å². The Balaban J connectivity index is 1.74. The molecule has 0 amide bonds. The molecule has 0 bridgehead atoms. The van der Waals surface area contributed by atoms with E-state index in [0.717, 1.165) is 29.7 Å². The van der Waals surface area contributed by atoms with Gasteiger partial charge in [0.2, 0.25) is 11.8 Å². The lowest BCUT2D eigenvalue weighted by Gasteiger charge is -2.24. The molecule has 0 aliphatic carbocycles. The topological polar surface area (TPSA) is 123 Å². The predicted molar refractivity (Wildman–Crippen MR) is 116 cm³/mol. The second-order valence-electron chi connectivity index (χ2n) is 7.26. The second kappa shape index (κ2) is 8.86. The molecule has 0 radical (unpaired) electrons. The minimum absolute atomic E-state index is 0.0121. The molecule has 3 N–H and O–H groups in total. The lowest BCUT2D eigenvalue weighted by Crippen LogP contribution is -2.21. The van der Waals surface area contributed by atoms with Crippen molar-refractivity contribution < 1.29 is 19.0 Å². The number of hydrogen-bond donors (Lipinski definition) is 2. The number of methoxy groups -OCH3 is 1. The molecule has 0 unspecified atom stereocenters. The highest BCUT2D eigenvalue weighted by molar-refractivity contribution is 5.91. The number of carbonyl (C=O) groups excluding carboxylic acids is 1. The van der Waals surface area contributed by atoms with Crippen LogP contribution in [0.1, 0.15) is 46.4 Å². The summed E-state index contributed by atoms with van der Waals surface area (Å²) < 4.78 is 16.6. The average Bonchev–Trinajstić information content (AvgIpc) is 3.21. The Hall–Kier alpha value is -4.25. The molecule has 0 spiro atoms. The van der Waals surface area contributed by atoms with Crippen molar-refractivity contribution in [2.24, 2.45) is 5.73 Å². The van der Waals surface area contributed by atoms with Gasteiger partial charge in [-0.25, -0.2) is 4.79 Å². The molecule has 2 aromatic carbocycles. The van der Waals surface area contributed by atoms with Crippen LogP contribution in [0.15, 0.2) is 60.0 Å². The van der Waals surface area contributed by atoms with Crippen molar-refractivity contribution in [3.8, 4) is 23.4 Å². The van der Waals surface area contributed by atoms with Gasteiger partial charge in [0.15, 0.2) is 11.5 Å². The summed E-state index contributed by atoms with van der Waals surface area (Å²) in [5.41, 5.74) is 9.13. The fourth-order valence-electron chi connectivity index (χ4n) is 3.76. The molecule has 4 rings (SSSR count). The molecular weight excluding hydrogens is 408 g/mol. The fraction of sp³-hybridized carbons (Fsp3) is 0.208. The first-order chi connectivity index (χ1) is 15.6. The number of benzene rings is 2. The number of aromatic nitrogens is 2. The lowest BCUT2D eigenvalue weighted by molar-refractivity contribution is 0.0729. The van der Waals surface area contributed by atoms with Crippen LogP contribution in [0.25, 0.3) is 0 Å². The highest BCUT2D eigenvalue weighted by Gasteiger charge is 2.35. The first-order valence-electron chi connectivity index (χ1n) is 10.2. The van der Waals surface area contributed by atoms with E-state index in [1.807, 2.05) is 6.07 Å². The third kappa shape index (κ3) is 3.76. The quantitative estimate of drug-likeness (QED) is 0.450. The Morgan fingerprint density at radius 3 is 2.72 bits per heavy atom. The molecule has 162 valence electrons. The molecule has 1 aliphatic heterocycles. The molecular formula is C24H22N4O4. The van der Waals surface area contributed by atoms with Crippen LogP contribution in [-0.2, 0) is 6.42 Å². The van der Waals surface area contributed by atoms with E-state index in [2.05, 4.69) is 23.2 Å². The summed E-state index contributed by atoms with van der Waals surface area (Å²) in [7, 11) is 1.49. The number of allylic oxidation sites excluding steroid dienone is 1.